The second-order valence-corrected chi connectivity index (χ2v) is 8.52. The number of nitrogens with one attached hydrogen (secondary N) is 2. The van der Waals surface area contributed by atoms with Crippen LogP contribution in [0.1, 0.15) is 24.1 Å². The molecule has 182 valence electrons. The fourth-order valence-electron chi connectivity index (χ4n) is 4.43. The summed E-state index contributed by atoms with van der Waals surface area (Å²) < 4.78 is 12.8. The second kappa shape index (κ2) is 9.58. The zero-order valence-electron chi connectivity index (χ0n) is 20.6. The Morgan fingerprint density at radius 2 is 1.67 bits per heavy atom. The number of allylic oxidation sites excluding steroid dienone is 1. The molecule has 8 heteroatoms. The van der Waals surface area contributed by atoms with Crippen molar-refractivity contribution in [2.24, 2.45) is 0 Å². The van der Waals surface area contributed by atoms with Gasteiger partial charge in [-0.25, -0.2) is 4.68 Å². The average molecular weight is 482 g/mol. The minimum absolute atomic E-state index is 0.232. The summed E-state index contributed by atoms with van der Waals surface area (Å²) in [4.78, 5) is 18.4. The van der Waals surface area contributed by atoms with Crippen LogP contribution < -0.4 is 20.1 Å². The predicted octanol–water partition coefficient (Wildman–Crippen LogP) is 5.20. The third kappa shape index (κ3) is 4.17. The molecule has 1 aliphatic rings. The molecule has 0 spiro atoms. The van der Waals surface area contributed by atoms with E-state index in [-0.39, 0.29) is 5.91 Å². The van der Waals surface area contributed by atoms with E-state index in [4.69, 9.17) is 19.6 Å². The maximum absolute atomic E-state index is 13.7. The molecule has 0 saturated carbocycles. The van der Waals surface area contributed by atoms with Gasteiger partial charge in [-0.2, -0.15) is 4.98 Å². The third-order valence-electron chi connectivity index (χ3n) is 6.24. The summed E-state index contributed by atoms with van der Waals surface area (Å²) in [7, 11) is 3.18. The van der Waals surface area contributed by atoms with E-state index in [0.29, 0.717) is 40.2 Å². The number of fused-ring (bicyclic) bond motifs is 1. The van der Waals surface area contributed by atoms with Gasteiger partial charge in [-0.1, -0.05) is 48.5 Å². The number of hydrogen-bond acceptors (Lipinski definition) is 6. The molecule has 1 unspecified atom stereocenters. The van der Waals surface area contributed by atoms with Crippen molar-refractivity contribution in [3.63, 3.8) is 0 Å². The average Bonchev–Trinajstić information content (AvgIpc) is 3.31. The van der Waals surface area contributed by atoms with Gasteiger partial charge in [0.2, 0.25) is 5.95 Å². The minimum Gasteiger partial charge on any atom is -0.493 e. The molecule has 2 N–H and O–H groups in total. The lowest BCUT2D eigenvalue weighted by atomic mass is 9.94. The summed E-state index contributed by atoms with van der Waals surface area (Å²) in [5.74, 6) is 2.07. The van der Waals surface area contributed by atoms with Crippen LogP contribution in [0.5, 0.6) is 11.5 Å². The first-order chi connectivity index (χ1) is 17.5. The van der Waals surface area contributed by atoms with E-state index >= 15 is 0 Å². The summed E-state index contributed by atoms with van der Waals surface area (Å²) in [6, 6.07) is 22.4. The zero-order chi connectivity index (χ0) is 25.2. The van der Waals surface area contributed by atoms with Gasteiger partial charge in [-0.15, -0.1) is 5.10 Å². The van der Waals surface area contributed by atoms with Gasteiger partial charge in [0, 0.05) is 16.9 Å². The van der Waals surface area contributed by atoms with E-state index in [9.17, 15) is 4.79 Å². The van der Waals surface area contributed by atoms with Crippen molar-refractivity contribution in [1.29, 1.82) is 0 Å². The zero-order valence-corrected chi connectivity index (χ0v) is 20.6. The van der Waals surface area contributed by atoms with Crippen LogP contribution in [0, 0.1) is 6.92 Å². The molecule has 2 heterocycles. The van der Waals surface area contributed by atoms with Gasteiger partial charge in [-0.05, 0) is 49.2 Å². The van der Waals surface area contributed by atoms with E-state index in [2.05, 4.69) is 10.6 Å². The maximum Gasteiger partial charge on any atom is 0.255 e. The van der Waals surface area contributed by atoms with Gasteiger partial charge >= 0.3 is 0 Å². The number of rotatable bonds is 6. The van der Waals surface area contributed by atoms with E-state index < -0.39 is 6.04 Å². The molecule has 0 bridgehead atoms. The molecule has 1 aliphatic heterocycles. The van der Waals surface area contributed by atoms with Crippen LogP contribution in [0.3, 0.4) is 0 Å². The molecular weight excluding hydrogens is 454 g/mol. The van der Waals surface area contributed by atoms with Crippen molar-refractivity contribution in [3.05, 3.63) is 95.2 Å². The predicted molar refractivity (Wildman–Crippen MR) is 139 cm³/mol. The highest BCUT2D eigenvalue weighted by Gasteiger charge is 2.35. The summed E-state index contributed by atoms with van der Waals surface area (Å²) >= 11 is 0. The quantitative estimate of drug-likeness (QED) is 0.394. The fraction of sp³-hybridized carbons (Fsp3) is 0.179. The van der Waals surface area contributed by atoms with Crippen LogP contribution in [-0.4, -0.2) is 34.9 Å². The van der Waals surface area contributed by atoms with Gasteiger partial charge in [0.1, 0.15) is 6.04 Å². The fourth-order valence-corrected chi connectivity index (χ4v) is 4.43. The Kier molecular flexibility index (Phi) is 6.16. The molecule has 3 aromatic carbocycles. The van der Waals surface area contributed by atoms with E-state index in [1.165, 1.54) is 0 Å². The van der Waals surface area contributed by atoms with Gasteiger partial charge in [-0.3, -0.25) is 4.79 Å². The number of aromatic nitrogens is 3. The number of benzene rings is 3. The molecular formula is C28H27N5O3. The Balaban J connectivity index is 1.65. The van der Waals surface area contributed by atoms with Crippen molar-refractivity contribution in [2.45, 2.75) is 19.9 Å². The van der Waals surface area contributed by atoms with Gasteiger partial charge < -0.3 is 20.1 Å². The number of methoxy groups -OCH3 is 2. The number of amides is 1. The highest BCUT2D eigenvalue weighted by molar-refractivity contribution is 6.06. The third-order valence-corrected chi connectivity index (χ3v) is 6.24. The first kappa shape index (κ1) is 23.2. The van der Waals surface area contributed by atoms with Gasteiger partial charge in [0.15, 0.2) is 17.3 Å². The number of hydrogen-bond donors (Lipinski definition) is 2. The molecule has 0 fully saturated rings. The normalized spacial score (nSPS) is 14.6. The Morgan fingerprint density at radius 1 is 0.944 bits per heavy atom. The van der Waals surface area contributed by atoms with Crippen molar-refractivity contribution in [1.82, 2.24) is 14.8 Å². The number of carbonyl (C=O) groups is 1. The Morgan fingerprint density at radius 3 is 2.39 bits per heavy atom. The number of aryl methyl sites for hydroxylation is 1. The van der Waals surface area contributed by atoms with Gasteiger partial charge in [0.25, 0.3) is 5.91 Å². The van der Waals surface area contributed by atoms with Crippen LogP contribution >= 0.6 is 0 Å². The molecule has 1 aromatic heterocycles. The molecule has 0 radical (unpaired) electrons. The Labute approximate surface area is 209 Å². The van der Waals surface area contributed by atoms with Crippen molar-refractivity contribution in [3.8, 4) is 22.9 Å². The van der Waals surface area contributed by atoms with Crippen LogP contribution in [0.4, 0.5) is 11.6 Å². The smallest absolute Gasteiger partial charge is 0.255 e. The number of ether oxygens (including phenoxy) is 2. The van der Waals surface area contributed by atoms with Crippen LogP contribution in [-0.2, 0) is 4.79 Å². The number of nitrogens with zero attached hydrogens (tertiary/aromatic N) is 3. The molecule has 0 saturated heterocycles. The monoisotopic (exact) mass is 481 g/mol. The molecule has 1 amide bonds. The Hall–Kier alpha value is -4.59. The largest absolute Gasteiger partial charge is 0.493 e. The number of anilines is 2. The van der Waals surface area contributed by atoms with Crippen LogP contribution in [0.15, 0.2) is 84.1 Å². The SMILES string of the molecule is COc1ccc(C2C(C(=O)Nc3ccccc3)=C(C)Nc3nc(-c4ccccc4C)nn32)cc1OC. The lowest BCUT2D eigenvalue weighted by Gasteiger charge is -2.29. The van der Waals surface area contributed by atoms with E-state index in [0.717, 1.165) is 16.7 Å². The standard InChI is InChI=1S/C28H27N5O3/c1-17-10-8-9-13-21(17)26-31-28-29-18(2)24(27(34)30-20-11-6-5-7-12-20)25(33(28)32-26)19-14-15-22(35-3)23(16-19)36-4/h5-16,25H,1-4H3,(H,30,34)(H,29,31,32). The summed E-state index contributed by atoms with van der Waals surface area (Å²) in [5, 5.41) is 11.2. The first-order valence-corrected chi connectivity index (χ1v) is 11.6. The van der Waals surface area contributed by atoms with E-state index in [1.54, 1.807) is 18.9 Å². The highest BCUT2D eigenvalue weighted by Crippen LogP contribution is 2.40. The second-order valence-electron chi connectivity index (χ2n) is 8.52. The minimum atomic E-state index is -0.546. The van der Waals surface area contributed by atoms with Crippen molar-refractivity contribution in [2.75, 3.05) is 24.9 Å². The number of para-hydroxylation sites is 1. The molecule has 8 nitrogen and oxygen atoms in total. The highest BCUT2D eigenvalue weighted by atomic mass is 16.5. The molecule has 0 aliphatic carbocycles. The summed E-state index contributed by atoms with van der Waals surface area (Å²) in [5.41, 5.74) is 4.74. The van der Waals surface area contributed by atoms with E-state index in [1.807, 2.05) is 86.6 Å². The lowest BCUT2D eigenvalue weighted by Crippen LogP contribution is -2.31. The van der Waals surface area contributed by atoms with Crippen LogP contribution in [0.25, 0.3) is 11.4 Å². The summed E-state index contributed by atoms with van der Waals surface area (Å²) in [6.45, 7) is 3.90. The lowest BCUT2D eigenvalue weighted by molar-refractivity contribution is -0.113. The molecule has 4 aromatic rings. The molecule has 5 rings (SSSR count). The van der Waals surface area contributed by atoms with Crippen molar-refractivity contribution >= 4 is 17.5 Å². The summed E-state index contributed by atoms with van der Waals surface area (Å²) in [6.07, 6.45) is 0. The topological polar surface area (TPSA) is 90.3 Å². The molecule has 36 heavy (non-hydrogen) atoms. The van der Waals surface area contributed by atoms with Gasteiger partial charge in [0.05, 0.1) is 19.8 Å². The first-order valence-electron chi connectivity index (χ1n) is 11.6. The van der Waals surface area contributed by atoms with Crippen molar-refractivity contribution < 1.29 is 14.3 Å². The number of carbonyl (C=O) groups excluding carboxylic acids is 1. The van der Waals surface area contributed by atoms with Crippen LogP contribution in [0.2, 0.25) is 0 Å². The maximum atomic E-state index is 13.7. The Bertz CT molecular complexity index is 1460. The molecule has 1 atom stereocenters.